The first-order chi connectivity index (χ1) is 14.2. The van der Waals surface area contributed by atoms with Gasteiger partial charge in [-0.3, -0.25) is 4.79 Å². The molecule has 1 N–H and O–H groups in total. The molecule has 4 rings (SSSR count). The van der Waals surface area contributed by atoms with E-state index in [-0.39, 0.29) is 17.5 Å². The normalized spacial score (nSPS) is 10.9. The summed E-state index contributed by atoms with van der Waals surface area (Å²) in [4.78, 5) is 20.7. The molecular formula is C20H17FN6OS. The molecule has 0 saturated heterocycles. The van der Waals surface area contributed by atoms with Crippen molar-refractivity contribution in [3.8, 4) is 0 Å². The molecule has 4 aromatic rings. The Kier molecular flexibility index (Phi) is 5.76. The van der Waals surface area contributed by atoms with Gasteiger partial charge in [0.1, 0.15) is 17.2 Å². The number of nitrogens with zero attached hydrogens (tertiary/aromatic N) is 5. The molecule has 0 aliphatic heterocycles. The van der Waals surface area contributed by atoms with Crippen LogP contribution in [0.1, 0.15) is 11.1 Å². The molecule has 2 aromatic heterocycles. The van der Waals surface area contributed by atoms with Crippen LogP contribution in [0.5, 0.6) is 0 Å². The Morgan fingerprint density at radius 1 is 1.03 bits per heavy atom. The number of fused-ring (bicyclic) bond motifs is 1. The maximum Gasteiger partial charge on any atom is 0.230 e. The van der Waals surface area contributed by atoms with Crippen molar-refractivity contribution >= 4 is 28.8 Å². The van der Waals surface area contributed by atoms with Crippen LogP contribution in [-0.2, 0) is 17.9 Å². The predicted octanol–water partition coefficient (Wildman–Crippen LogP) is 2.82. The zero-order valence-corrected chi connectivity index (χ0v) is 16.1. The highest BCUT2D eigenvalue weighted by Gasteiger charge is 2.14. The second kappa shape index (κ2) is 8.78. The molecule has 0 bridgehead atoms. The molecular weight excluding hydrogens is 391 g/mol. The standard InChI is InChI=1S/C20H17FN6OS/c21-16-8-6-14(7-9-16)10-22-17(28)12-29-20-18-19(23-13-24-20)27(26-25-18)11-15-4-2-1-3-5-15/h1-9,13H,10-12H2,(H,22,28). The summed E-state index contributed by atoms with van der Waals surface area (Å²) in [6.45, 7) is 0.892. The van der Waals surface area contributed by atoms with Gasteiger partial charge in [0.05, 0.1) is 12.3 Å². The van der Waals surface area contributed by atoms with Crippen LogP contribution in [0, 0.1) is 5.82 Å². The lowest BCUT2D eigenvalue weighted by molar-refractivity contribution is -0.118. The molecule has 0 atom stereocenters. The third-order valence-electron chi connectivity index (χ3n) is 4.18. The van der Waals surface area contributed by atoms with Gasteiger partial charge in [-0.15, -0.1) is 5.10 Å². The Hall–Kier alpha value is -3.33. The fraction of sp³-hybridized carbons (Fsp3) is 0.150. The quantitative estimate of drug-likeness (QED) is 0.374. The second-order valence-electron chi connectivity index (χ2n) is 6.28. The number of amides is 1. The fourth-order valence-corrected chi connectivity index (χ4v) is 3.49. The lowest BCUT2D eigenvalue weighted by atomic mass is 10.2. The first kappa shape index (κ1) is 19.0. The van der Waals surface area contributed by atoms with Gasteiger partial charge in [0, 0.05) is 6.54 Å². The van der Waals surface area contributed by atoms with E-state index < -0.39 is 0 Å². The average Bonchev–Trinajstić information content (AvgIpc) is 3.16. The molecule has 0 spiro atoms. The highest BCUT2D eigenvalue weighted by atomic mass is 32.2. The topological polar surface area (TPSA) is 85.6 Å². The molecule has 1 amide bonds. The largest absolute Gasteiger partial charge is 0.351 e. The molecule has 0 radical (unpaired) electrons. The third kappa shape index (κ3) is 4.75. The summed E-state index contributed by atoms with van der Waals surface area (Å²) in [5.41, 5.74) is 3.11. The Morgan fingerprint density at radius 3 is 2.62 bits per heavy atom. The van der Waals surface area contributed by atoms with Crippen molar-refractivity contribution in [1.82, 2.24) is 30.3 Å². The van der Waals surface area contributed by atoms with Gasteiger partial charge in [0.2, 0.25) is 5.91 Å². The van der Waals surface area contributed by atoms with Crippen molar-refractivity contribution in [2.45, 2.75) is 18.1 Å². The Labute approximate surface area is 170 Å². The molecule has 0 saturated carbocycles. The summed E-state index contributed by atoms with van der Waals surface area (Å²) in [7, 11) is 0. The van der Waals surface area contributed by atoms with E-state index >= 15 is 0 Å². The average molecular weight is 408 g/mol. The van der Waals surface area contributed by atoms with Crippen molar-refractivity contribution in [2.24, 2.45) is 0 Å². The molecule has 9 heteroatoms. The first-order valence-electron chi connectivity index (χ1n) is 8.91. The summed E-state index contributed by atoms with van der Waals surface area (Å²) in [5.74, 6) is -0.273. The summed E-state index contributed by atoms with van der Waals surface area (Å²) >= 11 is 1.28. The van der Waals surface area contributed by atoms with Crippen molar-refractivity contribution in [2.75, 3.05) is 5.75 Å². The number of benzene rings is 2. The van der Waals surface area contributed by atoms with E-state index in [1.165, 1.54) is 30.2 Å². The van der Waals surface area contributed by atoms with Gasteiger partial charge in [0.25, 0.3) is 0 Å². The number of nitrogens with one attached hydrogen (secondary N) is 1. The zero-order valence-electron chi connectivity index (χ0n) is 15.3. The zero-order chi connectivity index (χ0) is 20.1. The molecule has 146 valence electrons. The van der Waals surface area contributed by atoms with Crippen LogP contribution >= 0.6 is 11.8 Å². The minimum absolute atomic E-state index is 0.150. The van der Waals surface area contributed by atoms with E-state index in [9.17, 15) is 9.18 Å². The van der Waals surface area contributed by atoms with Crippen LogP contribution < -0.4 is 5.32 Å². The Bertz CT molecular complexity index is 1120. The summed E-state index contributed by atoms with van der Waals surface area (Å²) < 4.78 is 14.6. The maximum atomic E-state index is 12.9. The summed E-state index contributed by atoms with van der Waals surface area (Å²) in [5, 5.41) is 11.8. The molecule has 0 fully saturated rings. The van der Waals surface area contributed by atoms with Crippen LogP contribution in [0.3, 0.4) is 0 Å². The lowest BCUT2D eigenvalue weighted by Crippen LogP contribution is -2.24. The molecule has 29 heavy (non-hydrogen) atoms. The molecule has 0 aliphatic rings. The van der Waals surface area contributed by atoms with Gasteiger partial charge in [-0.1, -0.05) is 59.4 Å². The number of hydrogen-bond donors (Lipinski definition) is 1. The van der Waals surface area contributed by atoms with Gasteiger partial charge >= 0.3 is 0 Å². The second-order valence-corrected chi connectivity index (χ2v) is 7.24. The number of carbonyl (C=O) groups is 1. The number of carbonyl (C=O) groups excluding carboxylic acids is 1. The number of rotatable bonds is 7. The molecule has 0 unspecified atom stereocenters. The first-order valence-corrected chi connectivity index (χ1v) is 9.89. The van der Waals surface area contributed by atoms with E-state index in [1.807, 2.05) is 30.3 Å². The van der Waals surface area contributed by atoms with Crippen LogP contribution in [0.25, 0.3) is 11.2 Å². The Morgan fingerprint density at radius 2 is 1.83 bits per heavy atom. The van der Waals surface area contributed by atoms with Gasteiger partial charge < -0.3 is 5.32 Å². The van der Waals surface area contributed by atoms with Gasteiger partial charge in [-0.2, -0.15) is 0 Å². The van der Waals surface area contributed by atoms with Crippen LogP contribution in [0.4, 0.5) is 4.39 Å². The van der Waals surface area contributed by atoms with E-state index in [2.05, 4.69) is 25.6 Å². The SMILES string of the molecule is O=C(CSc1ncnc2c1nnn2Cc1ccccc1)NCc1ccc(F)cc1. The highest BCUT2D eigenvalue weighted by Crippen LogP contribution is 2.22. The molecule has 2 aromatic carbocycles. The van der Waals surface area contributed by atoms with E-state index in [0.717, 1.165) is 11.1 Å². The number of thioether (sulfide) groups is 1. The third-order valence-corrected chi connectivity index (χ3v) is 5.16. The summed E-state index contributed by atoms with van der Waals surface area (Å²) in [6, 6.07) is 15.9. The molecule has 7 nitrogen and oxygen atoms in total. The molecule has 2 heterocycles. The minimum atomic E-state index is -0.302. The van der Waals surface area contributed by atoms with Gasteiger partial charge in [-0.05, 0) is 23.3 Å². The van der Waals surface area contributed by atoms with Crippen molar-refractivity contribution in [3.05, 3.63) is 77.9 Å². The van der Waals surface area contributed by atoms with E-state index in [0.29, 0.717) is 29.3 Å². The minimum Gasteiger partial charge on any atom is -0.351 e. The number of aromatic nitrogens is 5. The van der Waals surface area contributed by atoms with Crippen LogP contribution in [0.15, 0.2) is 66.0 Å². The predicted molar refractivity (Wildman–Crippen MR) is 108 cm³/mol. The fourth-order valence-electron chi connectivity index (χ4n) is 2.73. The summed E-state index contributed by atoms with van der Waals surface area (Å²) in [6.07, 6.45) is 1.45. The smallest absolute Gasteiger partial charge is 0.230 e. The van der Waals surface area contributed by atoms with Crippen LogP contribution in [0.2, 0.25) is 0 Å². The maximum absolute atomic E-state index is 12.9. The lowest BCUT2D eigenvalue weighted by Gasteiger charge is -2.05. The van der Waals surface area contributed by atoms with Crippen LogP contribution in [-0.4, -0.2) is 36.6 Å². The van der Waals surface area contributed by atoms with Crippen molar-refractivity contribution in [3.63, 3.8) is 0 Å². The highest BCUT2D eigenvalue weighted by molar-refractivity contribution is 8.00. The number of halogens is 1. The van der Waals surface area contributed by atoms with Crippen molar-refractivity contribution in [1.29, 1.82) is 0 Å². The van der Waals surface area contributed by atoms with Gasteiger partial charge in [-0.25, -0.2) is 19.0 Å². The van der Waals surface area contributed by atoms with E-state index in [1.54, 1.807) is 16.8 Å². The number of hydrogen-bond acceptors (Lipinski definition) is 6. The van der Waals surface area contributed by atoms with Crippen molar-refractivity contribution < 1.29 is 9.18 Å². The van der Waals surface area contributed by atoms with E-state index in [4.69, 9.17) is 0 Å². The Balaban J connectivity index is 1.39. The molecule has 0 aliphatic carbocycles. The monoisotopic (exact) mass is 408 g/mol. The van der Waals surface area contributed by atoms with Gasteiger partial charge in [0.15, 0.2) is 11.2 Å².